The van der Waals surface area contributed by atoms with Gasteiger partial charge in [0, 0.05) is 9.79 Å². The Morgan fingerprint density at radius 3 is 1.48 bits per heavy atom. The lowest BCUT2D eigenvalue weighted by Gasteiger charge is -2.06. The van der Waals surface area contributed by atoms with E-state index in [4.69, 9.17) is 10.2 Å². The summed E-state index contributed by atoms with van der Waals surface area (Å²) in [6, 6.07) is 8.11. The first-order chi connectivity index (χ1) is 9.88. The summed E-state index contributed by atoms with van der Waals surface area (Å²) in [6.07, 6.45) is 0. The number of phenols is 2. The van der Waals surface area contributed by atoms with Crippen LogP contribution in [0.4, 0.5) is 0 Å². The molecule has 0 aliphatic heterocycles. The molecule has 0 bridgehead atoms. The third-order valence-corrected chi connectivity index (χ3v) is 3.61. The highest BCUT2D eigenvalue weighted by Crippen LogP contribution is 2.33. The second kappa shape index (κ2) is 5.76. The molecule has 108 valence electrons. The standard InChI is InChI=1S/C14H10O6S/c15-11-3-1-7(5-9(11)13(17)18)21-8-2-4-12(16)10(6-8)14(19)20/h1-6,15-16H,(H,17,18)(H,19,20). The zero-order valence-electron chi connectivity index (χ0n) is 10.5. The van der Waals surface area contributed by atoms with Crippen molar-refractivity contribution in [1.29, 1.82) is 0 Å². The summed E-state index contributed by atoms with van der Waals surface area (Å²) in [5.74, 6) is -3.20. The molecule has 0 fully saturated rings. The number of carboxylic acids is 2. The zero-order valence-corrected chi connectivity index (χ0v) is 11.3. The van der Waals surface area contributed by atoms with E-state index in [2.05, 4.69) is 0 Å². The van der Waals surface area contributed by atoms with Crippen molar-refractivity contribution in [3.63, 3.8) is 0 Å². The van der Waals surface area contributed by atoms with Gasteiger partial charge in [-0.2, -0.15) is 0 Å². The van der Waals surface area contributed by atoms with E-state index >= 15 is 0 Å². The second-order valence-electron chi connectivity index (χ2n) is 4.07. The molecule has 2 aromatic carbocycles. The smallest absolute Gasteiger partial charge is 0.339 e. The van der Waals surface area contributed by atoms with Crippen molar-refractivity contribution in [2.24, 2.45) is 0 Å². The highest BCUT2D eigenvalue weighted by molar-refractivity contribution is 7.99. The highest BCUT2D eigenvalue weighted by Gasteiger charge is 2.13. The molecular weight excluding hydrogens is 296 g/mol. The third-order valence-electron chi connectivity index (χ3n) is 2.63. The van der Waals surface area contributed by atoms with Crippen molar-refractivity contribution < 1.29 is 30.0 Å². The predicted molar refractivity (Wildman–Crippen MR) is 74.3 cm³/mol. The molecule has 21 heavy (non-hydrogen) atoms. The van der Waals surface area contributed by atoms with Gasteiger partial charge in [0.1, 0.15) is 22.6 Å². The molecule has 0 aliphatic rings. The molecule has 0 spiro atoms. The lowest BCUT2D eigenvalue weighted by atomic mass is 10.2. The summed E-state index contributed by atoms with van der Waals surface area (Å²) in [4.78, 5) is 22.9. The van der Waals surface area contributed by atoms with E-state index in [1.165, 1.54) is 36.4 Å². The molecule has 0 aliphatic carbocycles. The van der Waals surface area contributed by atoms with Gasteiger partial charge in [0.25, 0.3) is 0 Å². The van der Waals surface area contributed by atoms with Gasteiger partial charge in [-0.1, -0.05) is 11.8 Å². The van der Waals surface area contributed by atoms with Crippen LogP contribution in [0.1, 0.15) is 20.7 Å². The third kappa shape index (κ3) is 3.26. The summed E-state index contributed by atoms with van der Waals surface area (Å²) < 4.78 is 0. The summed E-state index contributed by atoms with van der Waals surface area (Å²) >= 11 is 1.12. The Morgan fingerprint density at radius 2 is 1.14 bits per heavy atom. The molecule has 6 nitrogen and oxygen atoms in total. The van der Waals surface area contributed by atoms with Crippen LogP contribution in [0, 0.1) is 0 Å². The SMILES string of the molecule is O=C(O)c1cc(Sc2ccc(O)c(C(=O)O)c2)ccc1O. The van der Waals surface area contributed by atoms with Gasteiger partial charge in [0.05, 0.1) is 0 Å². The largest absolute Gasteiger partial charge is 0.507 e. The van der Waals surface area contributed by atoms with Gasteiger partial charge in [0.2, 0.25) is 0 Å². The first-order valence-corrected chi connectivity index (χ1v) is 6.50. The van der Waals surface area contributed by atoms with Crippen LogP contribution in [-0.2, 0) is 0 Å². The maximum atomic E-state index is 10.9. The maximum Gasteiger partial charge on any atom is 0.339 e. The Morgan fingerprint density at radius 1 is 0.762 bits per heavy atom. The lowest BCUT2D eigenvalue weighted by Crippen LogP contribution is -1.97. The van der Waals surface area contributed by atoms with Crippen LogP contribution >= 0.6 is 11.8 Å². The van der Waals surface area contributed by atoms with Crippen LogP contribution in [0.15, 0.2) is 46.2 Å². The number of hydrogen-bond acceptors (Lipinski definition) is 5. The molecule has 0 saturated heterocycles. The van der Waals surface area contributed by atoms with Gasteiger partial charge < -0.3 is 20.4 Å². The zero-order chi connectivity index (χ0) is 15.6. The summed E-state index contributed by atoms with van der Waals surface area (Å²) in [5.41, 5.74) is -0.477. The first-order valence-electron chi connectivity index (χ1n) is 5.69. The van der Waals surface area contributed by atoms with Gasteiger partial charge in [-0.05, 0) is 36.4 Å². The molecule has 0 aromatic heterocycles. The number of hydrogen-bond donors (Lipinski definition) is 4. The van der Waals surface area contributed by atoms with Crippen molar-refractivity contribution in [1.82, 2.24) is 0 Å². The molecule has 7 heteroatoms. The first kappa shape index (κ1) is 14.7. The van der Waals surface area contributed by atoms with E-state index in [0.29, 0.717) is 9.79 Å². The average molecular weight is 306 g/mol. The van der Waals surface area contributed by atoms with Crippen molar-refractivity contribution in [2.45, 2.75) is 9.79 Å². The molecule has 0 atom stereocenters. The number of aromatic hydroxyl groups is 2. The van der Waals surface area contributed by atoms with Gasteiger partial charge in [0.15, 0.2) is 0 Å². The van der Waals surface area contributed by atoms with Gasteiger partial charge >= 0.3 is 11.9 Å². The van der Waals surface area contributed by atoms with Gasteiger partial charge in [-0.3, -0.25) is 0 Å². The molecular formula is C14H10O6S. The van der Waals surface area contributed by atoms with E-state index < -0.39 is 11.9 Å². The Balaban J connectivity index is 2.34. The Kier molecular flexibility index (Phi) is 4.04. The lowest BCUT2D eigenvalue weighted by molar-refractivity contribution is 0.0682. The number of benzene rings is 2. The van der Waals surface area contributed by atoms with Crippen molar-refractivity contribution in [2.75, 3.05) is 0 Å². The topological polar surface area (TPSA) is 115 Å². The molecule has 2 rings (SSSR count). The van der Waals surface area contributed by atoms with Crippen molar-refractivity contribution >= 4 is 23.7 Å². The van der Waals surface area contributed by atoms with Gasteiger partial charge in [-0.25, -0.2) is 9.59 Å². The quantitative estimate of drug-likeness (QED) is 0.686. The molecule has 0 saturated carbocycles. The normalized spacial score (nSPS) is 10.3. The van der Waals surface area contributed by atoms with Crippen LogP contribution in [-0.4, -0.2) is 32.4 Å². The van der Waals surface area contributed by atoms with Crippen molar-refractivity contribution in [3.05, 3.63) is 47.5 Å². The fourth-order valence-electron chi connectivity index (χ4n) is 1.64. The number of carbonyl (C=O) groups is 2. The van der Waals surface area contributed by atoms with E-state index in [-0.39, 0.29) is 22.6 Å². The molecule has 0 unspecified atom stereocenters. The fraction of sp³-hybridized carbons (Fsp3) is 0. The molecule has 2 aromatic rings. The predicted octanol–water partition coefficient (Wildman–Crippen LogP) is 2.65. The van der Waals surface area contributed by atoms with E-state index in [0.717, 1.165) is 11.8 Å². The molecule has 0 radical (unpaired) electrons. The minimum atomic E-state index is -1.26. The Bertz CT molecular complexity index is 664. The average Bonchev–Trinajstić information content (AvgIpc) is 2.42. The van der Waals surface area contributed by atoms with Gasteiger partial charge in [-0.15, -0.1) is 0 Å². The number of carboxylic acid groups (broad SMARTS) is 2. The van der Waals surface area contributed by atoms with Crippen LogP contribution in [0.25, 0.3) is 0 Å². The fourth-order valence-corrected chi connectivity index (χ4v) is 2.53. The van der Waals surface area contributed by atoms with E-state index in [9.17, 15) is 19.8 Å². The number of rotatable bonds is 4. The molecule has 0 amide bonds. The maximum absolute atomic E-state index is 10.9. The summed E-state index contributed by atoms with van der Waals surface area (Å²) in [7, 11) is 0. The molecule has 4 N–H and O–H groups in total. The Labute approximate surface area is 123 Å². The minimum Gasteiger partial charge on any atom is -0.507 e. The summed E-state index contributed by atoms with van der Waals surface area (Å²) in [5, 5.41) is 36.7. The van der Waals surface area contributed by atoms with E-state index in [1.54, 1.807) is 0 Å². The number of aromatic carboxylic acids is 2. The van der Waals surface area contributed by atoms with Crippen LogP contribution in [0.2, 0.25) is 0 Å². The van der Waals surface area contributed by atoms with E-state index in [1.807, 2.05) is 0 Å². The monoisotopic (exact) mass is 306 g/mol. The highest BCUT2D eigenvalue weighted by atomic mass is 32.2. The molecule has 0 heterocycles. The minimum absolute atomic E-state index is 0.239. The second-order valence-corrected chi connectivity index (χ2v) is 5.22. The summed E-state index contributed by atoms with van der Waals surface area (Å²) in [6.45, 7) is 0. The van der Waals surface area contributed by atoms with Crippen LogP contribution < -0.4 is 0 Å². The van der Waals surface area contributed by atoms with Crippen LogP contribution in [0.3, 0.4) is 0 Å². The Hall–Kier alpha value is -2.67. The van der Waals surface area contributed by atoms with Crippen molar-refractivity contribution in [3.8, 4) is 11.5 Å². The van der Waals surface area contributed by atoms with Crippen LogP contribution in [0.5, 0.6) is 11.5 Å².